The normalized spacial score (nSPS) is 23.1. The van der Waals surface area contributed by atoms with E-state index in [-0.39, 0.29) is 41.9 Å². The highest BCUT2D eigenvalue weighted by Gasteiger charge is 2.66. The minimum Gasteiger partial charge on any atom is -0.327 e. The van der Waals surface area contributed by atoms with E-state index in [1.165, 1.54) is 26.2 Å². The maximum absolute atomic E-state index is 14.4. The van der Waals surface area contributed by atoms with E-state index in [4.69, 9.17) is 5.10 Å². The number of hydrogen-bond donors (Lipinski definition) is 0. The minimum absolute atomic E-state index is 0.0136. The average molecular weight is 698 g/mol. The molecule has 3 atom stereocenters. The standard InChI is InChI=1S/C37H41BrN6O3/c1-22-11-12-33(38)41-29(22)16-31(46)30-17-37-13-9-7-5-4-6-8-10-25-14-26(27-19-39-24(3)40-20-27)15-28-35(23(2)45)42-43(36(25)28)21-34(47)44(30)32(37)18-37/h11-12,14-15,19-20,30,32H,4-10,13,16-18,21H2,1-3H3/t30-,32+,37-/m0/s1. The number of rotatable bonds is 5. The fraction of sp³-hybridized carbons (Fsp3) is 0.486. The maximum Gasteiger partial charge on any atom is 0.245 e. The van der Waals surface area contributed by atoms with Gasteiger partial charge in [0.1, 0.15) is 22.7 Å². The maximum atomic E-state index is 14.4. The Morgan fingerprint density at radius 2 is 1.72 bits per heavy atom. The van der Waals surface area contributed by atoms with Gasteiger partial charge in [0, 0.05) is 36.3 Å². The van der Waals surface area contributed by atoms with Gasteiger partial charge in [-0.3, -0.25) is 19.1 Å². The molecule has 0 N–H and O–H groups in total. The van der Waals surface area contributed by atoms with E-state index in [2.05, 4.69) is 36.9 Å². The Morgan fingerprint density at radius 3 is 2.49 bits per heavy atom. The summed E-state index contributed by atoms with van der Waals surface area (Å²) in [6.45, 7) is 5.33. The van der Waals surface area contributed by atoms with Gasteiger partial charge in [-0.15, -0.1) is 0 Å². The van der Waals surface area contributed by atoms with Crippen LogP contribution < -0.4 is 0 Å². The molecule has 47 heavy (non-hydrogen) atoms. The number of piperidine rings is 1. The molecule has 10 heteroatoms. The van der Waals surface area contributed by atoms with Crippen LogP contribution in [-0.2, 0) is 29.0 Å². The van der Waals surface area contributed by atoms with Crippen molar-refractivity contribution < 1.29 is 14.4 Å². The van der Waals surface area contributed by atoms with Crippen LogP contribution in [0.1, 0.15) is 97.8 Å². The zero-order chi connectivity index (χ0) is 32.9. The molecule has 7 rings (SSSR count). The summed E-state index contributed by atoms with van der Waals surface area (Å²) < 4.78 is 2.43. The summed E-state index contributed by atoms with van der Waals surface area (Å²) in [4.78, 5) is 56.7. The molecule has 244 valence electrons. The highest BCUT2D eigenvalue weighted by atomic mass is 79.9. The summed E-state index contributed by atoms with van der Waals surface area (Å²) in [6, 6.07) is 7.55. The molecule has 3 aromatic heterocycles. The molecule has 2 fully saturated rings. The number of benzene rings is 1. The largest absolute Gasteiger partial charge is 0.327 e. The Labute approximate surface area is 283 Å². The van der Waals surface area contributed by atoms with Crippen molar-refractivity contribution in [2.75, 3.05) is 0 Å². The minimum atomic E-state index is -0.487. The van der Waals surface area contributed by atoms with Crippen molar-refractivity contribution in [3.05, 3.63) is 69.6 Å². The van der Waals surface area contributed by atoms with Gasteiger partial charge in [0.2, 0.25) is 5.91 Å². The Bertz CT molecular complexity index is 1890. The first-order valence-corrected chi connectivity index (χ1v) is 17.7. The Hall–Kier alpha value is -3.79. The predicted octanol–water partition coefficient (Wildman–Crippen LogP) is 6.93. The molecule has 0 unspecified atom stereocenters. The number of nitrogens with zero attached hydrogens (tertiary/aromatic N) is 6. The van der Waals surface area contributed by atoms with Crippen LogP contribution in [0.2, 0.25) is 0 Å². The third kappa shape index (κ3) is 6.17. The van der Waals surface area contributed by atoms with Crippen LogP contribution in [0, 0.1) is 19.3 Å². The van der Waals surface area contributed by atoms with Gasteiger partial charge >= 0.3 is 0 Å². The van der Waals surface area contributed by atoms with E-state index in [0.717, 1.165) is 77.4 Å². The average Bonchev–Trinajstić information content (AvgIpc) is 3.44. The Morgan fingerprint density at radius 1 is 0.979 bits per heavy atom. The molecular weight excluding hydrogens is 656 g/mol. The third-order valence-electron chi connectivity index (χ3n) is 10.6. The summed E-state index contributed by atoms with van der Waals surface area (Å²) in [5.41, 5.74) is 5.76. The van der Waals surface area contributed by atoms with Crippen LogP contribution in [0.3, 0.4) is 0 Å². The van der Waals surface area contributed by atoms with Gasteiger partial charge in [0.05, 0.1) is 23.7 Å². The number of hydrogen-bond acceptors (Lipinski definition) is 7. The van der Waals surface area contributed by atoms with Crippen molar-refractivity contribution in [2.45, 2.75) is 110 Å². The summed E-state index contributed by atoms with van der Waals surface area (Å²) in [5.74, 6) is 0.472. The van der Waals surface area contributed by atoms with Gasteiger partial charge in [-0.05, 0) is 102 Å². The number of aryl methyl sites for hydroxylation is 3. The first-order valence-electron chi connectivity index (χ1n) is 16.9. The van der Waals surface area contributed by atoms with Gasteiger partial charge in [0.15, 0.2) is 11.6 Å². The molecule has 2 bridgehead atoms. The van der Waals surface area contributed by atoms with E-state index in [0.29, 0.717) is 22.5 Å². The molecule has 9 nitrogen and oxygen atoms in total. The topological polar surface area (TPSA) is 111 Å². The second kappa shape index (κ2) is 12.7. The molecule has 2 aliphatic heterocycles. The van der Waals surface area contributed by atoms with Gasteiger partial charge < -0.3 is 4.90 Å². The fourth-order valence-corrected chi connectivity index (χ4v) is 8.37. The fourth-order valence-electron chi connectivity index (χ4n) is 8.02. The molecule has 1 aromatic carbocycles. The number of amides is 1. The molecule has 5 heterocycles. The Kier molecular flexibility index (Phi) is 8.57. The molecule has 3 aliphatic rings. The zero-order valence-corrected chi connectivity index (χ0v) is 29.0. The van der Waals surface area contributed by atoms with Crippen molar-refractivity contribution in [1.29, 1.82) is 0 Å². The van der Waals surface area contributed by atoms with Gasteiger partial charge in [-0.1, -0.05) is 38.2 Å². The Balaban J connectivity index is 1.28. The number of carbonyl (C=O) groups is 3. The van der Waals surface area contributed by atoms with E-state index in [1.54, 1.807) is 4.68 Å². The number of pyridine rings is 1. The van der Waals surface area contributed by atoms with Crippen molar-refractivity contribution in [2.24, 2.45) is 5.41 Å². The first-order chi connectivity index (χ1) is 22.6. The number of ketones is 2. The van der Waals surface area contributed by atoms with Crippen molar-refractivity contribution in [1.82, 2.24) is 29.6 Å². The van der Waals surface area contributed by atoms with E-state index in [1.807, 2.05) is 49.3 Å². The lowest BCUT2D eigenvalue weighted by molar-refractivity contribution is -0.139. The number of carbonyl (C=O) groups excluding carboxylic acids is 3. The summed E-state index contributed by atoms with van der Waals surface area (Å²) >= 11 is 3.45. The van der Waals surface area contributed by atoms with Crippen LogP contribution in [0.25, 0.3) is 22.0 Å². The molecule has 4 aromatic rings. The molecular formula is C37H41BrN6O3. The monoisotopic (exact) mass is 696 g/mol. The highest BCUT2D eigenvalue weighted by Crippen LogP contribution is 2.62. The second-order valence-electron chi connectivity index (χ2n) is 13.9. The molecule has 0 radical (unpaired) electrons. The van der Waals surface area contributed by atoms with Gasteiger partial charge in [-0.2, -0.15) is 5.10 Å². The smallest absolute Gasteiger partial charge is 0.245 e. The summed E-state index contributed by atoms with van der Waals surface area (Å²) in [7, 11) is 0. The molecule has 0 spiro atoms. The summed E-state index contributed by atoms with van der Waals surface area (Å²) in [5, 5.41) is 5.53. The van der Waals surface area contributed by atoms with E-state index < -0.39 is 6.04 Å². The van der Waals surface area contributed by atoms with Crippen LogP contribution in [0.5, 0.6) is 0 Å². The predicted molar refractivity (Wildman–Crippen MR) is 183 cm³/mol. The molecule has 1 amide bonds. The van der Waals surface area contributed by atoms with E-state index in [9.17, 15) is 14.4 Å². The van der Waals surface area contributed by atoms with Crippen molar-refractivity contribution >= 4 is 44.3 Å². The lowest BCUT2D eigenvalue weighted by atomic mass is 9.90. The van der Waals surface area contributed by atoms with Crippen molar-refractivity contribution in [3.63, 3.8) is 0 Å². The van der Waals surface area contributed by atoms with Gasteiger partial charge in [0.25, 0.3) is 0 Å². The zero-order valence-electron chi connectivity index (χ0n) is 27.4. The van der Waals surface area contributed by atoms with Crippen LogP contribution >= 0.6 is 15.9 Å². The quantitative estimate of drug-likeness (QED) is 0.164. The molecule has 1 saturated carbocycles. The first kappa shape index (κ1) is 31.8. The van der Waals surface area contributed by atoms with Crippen molar-refractivity contribution in [3.8, 4) is 11.1 Å². The number of aromatic nitrogens is 5. The van der Waals surface area contributed by atoms with Crippen LogP contribution in [0.4, 0.5) is 0 Å². The lowest BCUT2D eigenvalue weighted by Gasteiger charge is -2.27. The van der Waals surface area contributed by atoms with Crippen LogP contribution in [-0.4, -0.2) is 59.2 Å². The third-order valence-corrected chi connectivity index (χ3v) is 11.1. The highest BCUT2D eigenvalue weighted by molar-refractivity contribution is 9.10. The molecule has 1 saturated heterocycles. The van der Waals surface area contributed by atoms with Crippen LogP contribution in [0.15, 0.2) is 41.3 Å². The SMILES string of the molecule is CC(=O)c1nn2c3c(cc(-c4cnc(C)nc4)cc13)CCCCCCCC[C@@]13C[C@@H](C(=O)Cc4nc(Br)ccc4C)N(C(=O)C2)[C@@H]1C3. The lowest BCUT2D eigenvalue weighted by Crippen LogP contribution is -2.45. The number of Topliss-reactive ketones (excluding diaryl/α,β-unsaturated/α-hetero) is 2. The number of halogens is 1. The second-order valence-corrected chi connectivity index (χ2v) is 14.7. The van der Waals surface area contributed by atoms with Gasteiger partial charge in [-0.25, -0.2) is 15.0 Å². The summed E-state index contributed by atoms with van der Waals surface area (Å²) in [6.07, 6.45) is 14.1. The molecule has 1 aliphatic carbocycles. The van der Waals surface area contributed by atoms with E-state index >= 15 is 0 Å².